The second kappa shape index (κ2) is 10.3. The van der Waals surface area contributed by atoms with Crippen LogP contribution in [0.5, 0.6) is 5.75 Å². The predicted octanol–water partition coefficient (Wildman–Crippen LogP) is 2.72. The Kier molecular flexibility index (Phi) is 8.74. The lowest BCUT2D eigenvalue weighted by molar-refractivity contribution is -0.121. The Morgan fingerprint density at radius 1 is 1.39 bits per heavy atom. The van der Waals surface area contributed by atoms with Crippen LogP contribution in [0.4, 0.5) is 0 Å². The smallest absolute Gasteiger partial charge is 0.220 e. The molecule has 0 aromatic heterocycles. The highest BCUT2D eigenvalue weighted by Crippen LogP contribution is 2.22. The van der Waals surface area contributed by atoms with E-state index in [1.54, 1.807) is 7.11 Å². The van der Waals surface area contributed by atoms with Crippen molar-refractivity contribution in [1.29, 1.82) is 0 Å². The van der Waals surface area contributed by atoms with Crippen LogP contribution in [0.25, 0.3) is 0 Å². The standard InChI is InChI=1S/C18H26N2O2.ClH/c1-14(11-16-5-3-4-6-17(16)22-2)12-18(21)20-13-15-7-9-19-10-8-15;/h3-7,14,19H,8-13H2,1-2H3,(H,20,21);1H. The third-order valence-electron chi connectivity index (χ3n) is 3.97. The summed E-state index contributed by atoms with van der Waals surface area (Å²) in [7, 11) is 1.68. The molecule has 0 spiro atoms. The number of ether oxygens (including phenoxy) is 1. The molecule has 1 aliphatic heterocycles. The summed E-state index contributed by atoms with van der Waals surface area (Å²) in [6.45, 7) is 4.71. The van der Waals surface area contributed by atoms with Gasteiger partial charge in [-0.1, -0.05) is 36.8 Å². The molecule has 1 atom stereocenters. The number of para-hydroxylation sites is 1. The summed E-state index contributed by atoms with van der Waals surface area (Å²) in [6.07, 6.45) is 4.59. The number of hydrogen-bond donors (Lipinski definition) is 2. The average molecular weight is 339 g/mol. The van der Waals surface area contributed by atoms with E-state index < -0.39 is 0 Å². The van der Waals surface area contributed by atoms with E-state index in [1.807, 2.05) is 18.2 Å². The van der Waals surface area contributed by atoms with Crippen LogP contribution in [0.1, 0.15) is 25.3 Å². The van der Waals surface area contributed by atoms with Crippen LogP contribution in [0.2, 0.25) is 0 Å². The molecule has 1 unspecified atom stereocenters. The second-order valence-corrected chi connectivity index (χ2v) is 5.92. The number of amides is 1. The number of hydrogen-bond acceptors (Lipinski definition) is 3. The first-order chi connectivity index (χ1) is 10.7. The quantitative estimate of drug-likeness (QED) is 0.752. The molecule has 23 heavy (non-hydrogen) atoms. The van der Waals surface area contributed by atoms with E-state index in [4.69, 9.17) is 4.74 Å². The molecule has 2 N–H and O–H groups in total. The fourth-order valence-electron chi connectivity index (χ4n) is 2.75. The first kappa shape index (κ1) is 19.5. The number of carbonyl (C=O) groups is 1. The van der Waals surface area contributed by atoms with Gasteiger partial charge in [-0.2, -0.15) is 0 Å². The van der Waals surface area contributed by atoms with E-state index in [0.717, 1.165) is 37.2 Å². The number of benzene rings is 1. The molecule has 1 aliphatic rings. The lowest BCUT2D eigenvalue weighted by Crippen LogP contribution is -2.30. The van der Waals surface area contributed by atoms with E-state index in [9.17, 15) is 4.79 Å². The van der Waals surface area contributed by atoms with Gasteiger partial charge in [0, 0.05) is 19.5 Å². The third kappa shape index (κ3) is 6.63. The highest BCUT2D eigenvalue weighted by atomic mass is 35.5. The normalized spacial score (nSPS) is 15.1. The zero-order chi connectivity index (χ0) is 15.8. The largest absolute Gasteiger partial charge is 0.496 e. The van der Waals surface area contributed by atoms with Crippen molar-refractivity contribution in [3.05, 3.63) is 41.5 Å². The lowest BCUT2D eigenvalue weighted by atomic mass is 9.97. The molecule has 128 valence electrons. The van der Waals surface area contributed by atoms with Gasteiger partial charge in [-0.25, -0.2) is 0 Å². The van der Waals surface area contributed by atoms with E-state index in [-0.39, 0.29) is 18.3 Å². The molecule has 0 aliphatic carbocycles. The van der Waals surface area contributed by atoms with E-state index in [0.29, 0.717) is 18.9 Å². The minimum absolute atomic E-state index is 0. The van der Waals surface area contributed by atoms with Crippen LogP contribution in [-0.4, -0.2) is 32.7 Å². The molecule has 1 heterocycles. The van der Waals surface area contributed by atoms with Crippen LogP contribution < -0.4 is 15.4 Å². The molecule has 1 aromatic carbocycles. The van der Waals surface area contributed by atoms with Crippen molar-refractivity contribution >= 4 is 18.3 Å². The fourth-order valence-corrected chi connectivity index (χ4v) is 2.75. The Morgan fingerprint density at radius 3 is 2.87 bits per heavy atom. The molecule has 0 bridgehead atoms. The van der Waals surface area contributed by atoms with Crippen molar-refractivity contribution in [2.24, 2.45) is 5.92 Å². The van der Waals surface area contributed by atoms with Crippen molar-refractivity contribution in [3.63, 3.8) is 0 Å². The number of nitrogens with one attached hydrogen (secondary N) is 2. The average Bonchev–Trinajstić information content (AvgIpc) is 2.54. The maximum Gasteiger partial charge on any atom is 0.220 e. The van der Waals surface area contributed by atoms with Gasteiger partial charge >= 0.3 is 0 Å². The Labute approximate surface area is 145 Å². The number of carbonyl (C=O) groups excluding carboxylic acids is 1. The Balaban J connectivity index is 0.00000264. The van der Waals surface area contributed by atoms with Crippen LogP contribution in [0, 0.1) is 5.92 Å². The summed E-state index contributed by atoms with van der Waals surface area (Å²) >= 11 is 0. The highest BCUT2D eigenvalue weighted by Gasteiger charge is 2.13. The first-order valence-electron chi connectivity index (χ1n) is 7.96. The van der Waals surface area contributed by atoms with E-state index in [2.05, 4.69) is 29.7 Å². The van der Waals surface area contributed by atoms with Gasteiger partial charge in [0.25, 0.3) is 0 Å². The number of rotatable bonds is 7. The van der Waals surface area contributed by atoms with Crippen molar-refractivity contribution in [2.75, 3.05) is 26.7 Å². The molecule has 0 saturated carbocycles. The Hall–Kier alpha value is -1.52. The predicted molar refractivity (Wildman–Crippen MR) is 96.3 cm³/mol. The summed E-state index contributed by atoms with van der Waals surface area (Å²) < 4.78 is 5.36. The molecular weight excluding hydrogens is 312 g/mol. The van der Waals surface area contributed by atoms with Gasteiger partial charge in [0.15, 0.2) is 0 Å². The SMILES string of the molecule is COc1ccccc1CC(C)CC(=O)NCC1=CCNCC1.Cl. The summed E-state index contributed by atoms with van der Waals surface area (Å²) in [5, 5.41) is 6.30. The van der Waals surface area contributed by atoms with Crippen molar-refractivity contribution in [2.45, 2.75) is 26.2 Å². The number of halogens is 1. The zero-order valence-electron chi connectivity index (χ0n) is 13.9. The van der Waals surface area contributed by atoms with Gasteiger partial charge in [-0.05, 0) is 36.9 Å². The minimum Gasteiger partial charge on any atom is -0.496 e. The van der Waals surface area contributed by atoms with Crippen molar-refractivity contribution in [1.82, 2.24) is 10.6 Å². The minimum atomic E-state index is 0. The topological polar surface area (TPSA) is 50.4 Å². The summed E-state index contributed by atoms with van der Waals surface area (Å²) in [4.78, 5) is 12.1. The molecule has 2 rings (SSSR count). The van der Waals surface area contributed by atoms with E-state index >= 15 is 0 Å². The maximum absolute atomic E-state index is 12.1. The zero-order valence-corrected chi connectivity index (χ0v) is 14.7. The van der Waals surface area contributed by atoms with Crippen LogP contribution in [0.15, 0.2) is 35.9 Å². The molecule has 0 fully saturated rings. The highest BCUT2D eigenvalue weighted by molar-refractivity contribution is 5.85. The first-order valence-corrected chi connectivity index (χ1v) is 7.96. The molecule has 4 nitrogen and oxygen atoms in total. The van der Waals surface area contributed by atoms with Gasteiger partial charge in [0.2, 0.25) is 5.91 Å². The van der Waals surface area contributed by atoms with Gasteiger partial charge in [0.05, 0.1) is 7.11 Å². The van der Waals surface area contributed by atoms with E-state index in [1.165, 1.54) is 5.57 Å². The van der Waals surface area contributed by atoms with Gasteiger partial charge in [0.1, 0.15) is 5.75 Å². The molecule has 0 radical (unpaired) electrons. The summed E-state index contributed by atoms with van der Waals surface area (Å²) in [6, 6.07) is 8.00. The molecular formula is C18H27ClN2O2. The van der Waals surface area contributed by atoms with Gasteiger partial charge < -0.3 is 15.4 Å². The Morgan fingerprint density at radius 2 is 2.17 bits per heavy atom. The van der Waals surface area contributed by atoms with Crippen molar-refractivity contribution in [3.8, 4) is 5.75 Å². The summed E-state index contributed by atoms with van der Waals surface area (Å²) in [5.41, 5.74) is 2.48. The Bertz CT molecular complexity index is 532. The van der Waals surface area contributed by atoms with Crippen LogP contribution in [0.3, 0.4) is 0 Å². The molecule has 1 amide bonds. The summed E-state index contributed by atoms with van der Waals surface area (Å²) in [5.74, 6) is 1.31. The molecule has 0 saturated heterocycles. The maximum atomic E-state index is 12.1. The van der Waals surface area contributed by atoms with Crippen LogP contribution >= 0.6 is 12.4 Å². The van der Waals surface area contributed by atoms with Gasteiger partial charge in [-0.3, -0.25) is 4.79 Å². The van der Waals surface area contributed by atoms with Gasteiger partial charge in [-0.15, -0.1) is 12.4 Å². The monoisotopic (exact) mass is 338 g/mol. The third-order valence-corrected chi connectivity index (χ3v) is 3.97. The second-order valence-electron chi connectivity index (χ2n) is 5.92. The van der Waals surface area contributed by atoms with Crippen molar-refractivity contribution < 1.29 is 9.53 Å². The molecule has 5 heteroatoms. The van der Waals surface area contributed by atoms with Crippen LogP contribution in [-0.2, 0) is 11.2 Å². The number of methoxy groups -OCH3 is 1. The fraction of sp³-hybridized carbons (Fsp3) is 0.500. The molecule has 1 aromatic rings. The lowest BCUT2D eigenvalue weighted by Gasteiger charge is -2.16.